The SMILES string of the molecule is CC1(C)OC(=O)Nc2cc(Cl)c(Br)cc21. The molecule has 1 aliphatic heterocycles. The first-order chi connectivity index (χ1) is 6.90. The Bertz CT molecular complexity index is 445. The monoisotopic (exact) mass is 289 g/mol. The number of nitrogens with one attached hydrogen (secondary N) is 1. The van der Waals surface area contributed by atoms with Gasteiger partial charge in [0.2, 0.25) is 0 Å². The van der Waals surface area contributed by atoms with Crippen LogP contribution in [0.4, 0.5) is 10.5 Å². The first-order valence-corrected chi connectivity index (χ1v) is 5.57. The number of hydrogen-bond donors (Lipinski definition) is 1. The molecule has 0 aromatic heterocycles. The van der Waals surface area contributed by atoms with Crippen molar-refractivity contribution in [3.63, 3.8) is 0 Å². The van der Waals surface area contributed by atoms with Crippen LogP contribution in [0.25, 0.3) is 0 Å². The van der Waals surface area contributed by atoms with Gasteiger partial charge in [-0.05, 0) is 41.9 Å². The Morgan fingerprint density at radius 2 is 2.13 bits per heavy atom. The third kappa shape index (κ3) is 1.84. The maximum Gasteiger partial charge on any atom is 0.412 e. The number of halogens is 2. The third-order valence-electron chi connectivity index (χ3n) is 2.29. The Balaban J connectivity index is 2.62. The number of anilines is 1. The summed E-state index contributed by atoms with van der Waals surface area (Å²) in [4.78, 5) is 11.2. The van der Waals surface area contributed by atoms with Gasteiger partial charge in [0.25, 0.3) is 0 Å². The lowest BCUT2D eigenvalue weighted by molar-refractivity contribution is 0.0420. The molecule has 0 saturated heterocycles. The molecule has 15 heavy (non-hydrogen) atoms. The molecule has 0 aliphatic carbocycles. The number of carbonyl (C=O) groups is 1. The van der Waals surface area contributed by atoms with Gasteiger partial charge in [-0.25, -0.2) is 4.79 Å². The molecule has 1 aromatic rings. The second-order valence-corrected chi connectivity index (χ2v) is 5.10. The minimum absolute atomic E-state index is 0.453. The van der Waals surface area contributed by atoms with Gasteiger partial charge in [0, 0.05) is 10.0 Å². The van der Waals surface area contributed by atoms with Gasteiger partial charge in [0.15, 0.2) is 0 Å². The van der Waals surface area contributed by atoms with Crippen LogP contribution < -0.4 is 5.32 Å². The Morgan fingerprint density at radius 3 is 2.80 bits per heavy atom. The fraction of sp³-hybridized carbons (Fsp3) is 0.300. The number of rotatable bonds is 0. The van der Waals surface area contributed by atoms with E-state index in [0.717, 1.165) is 10.0 Å². The van der Waals surface area contributed by atoms with E-state index in [0.29, 0.717) is 10.7 Å². The molecular formula is C10H9BrClNO2. The maximum absolute atomic E-state index is 11.2. The summed E-state index contributed by atoms with van der Waals surface area (Å²) in [5, 5.41) is 3.18. The Kier molecular flexibility index (Phi) is 2.43. The zero-order chi connectivity index (χ0) is 11.2. The van der Waals surface area contributed by atoms with Gasteiger partial charge in [-0.1, -0.05) is 11.6 Å². The number of fused-ring (bicyclic) bond motifs is 1. The molecule has 5 heteroatoms. The topological polar surface area (TPSA) is 38.3 Å². The number of carbonyl (C=O) groups excluding carboxylic acids is 1. The predicted octanol–water partition coefficient (Wildman–Crippen LogP) is 3.90. The summed E-state index contributed by atoms with van der Waals surface area (Å²) in [7, 11) is 0. The normalized spacial score (nSPS) is 17.7. The van der Waals surface area contributed by atoms with E-state index in [1.165, 1.54) is 0 Å². The van der Waals surface area contributed by atoms with Crippen LogP contribution in [0, 0.1) is 0 Å². The summed E-state index contributed by atoms with van der Waals surface area (Å²) in [5.41, 5.74) is 0.966. The van der Waals surface area contributed by atoms with Gasteiger partial charge < -0.3 is 4.74 Å². The third-order valence-corrected chi connectivity index (χ3v) is 3.49. The highest BCUT2D eigenvalue weighted by Gasteiger charge is 2.33. The molecule has 1 aliphatic rings. The average molecular weight is 291 g/mol. The first kappa shape index (κ1) is 10.8. The second-order valence-electron chi connectivity index (χ2n) is 3.84. The van der Waals surface area contributed by atoms with Crippen LogP contribution in [-0.4, -0.2) is 6.09 Å². The number of hydrogen-bond acceptors (Lipinski definition) is 2. The summed E-state index contributed by atoms with van der Waals surface area (Å²) < 4.78 is 5.97. The van der Waals surface area contributed by atoms with Crippen molar-refractivity contribution in [1.82, 2.24) is 0 Å². The van der Waals surface area contributed by atoms with Crippen molar-refractivity contribution in [3.05, 3.63) is 27.2 Å². The van der Waals surface area contributed by atoms with Gasteiger partial charge in [0.1, 0.15) is 5.60 Å². The van der Waals surface area contributed by atoms with Crippen LogP contribution in [-0.2, 0) is 10.3 Å². The maximum atomic E-state index is 11.2. The Hall–Kier alpha value is -0.740. The molecule has 2 rings (SSSR count). The molecular weight excluding hydrogens is 281 g/mol. The van der Waals surface area contributed by atoms with E-state index in [-0.39, 0.29) is 0 Å². The van der Waals surface area contributed by atoms with Gasteiger partial charge in [0.05, 0.1) is 10.7 Å². The summed E-state index contributed by atoms with van der Waals surface area (Å²) in [5.74, 6) is 0. The van der Waals surface area contributed by atoms with Crippen LogP contribution >= 0.6 is 27.5 Å². The lowest BCUT2D eigenvalue weighted by Gasteiger charge is -2.32. The smallest absolute Gasteiger partial charge is 0.412 e. The molecule has 1 N–H and O–H groups in total. The number of benzene rings is 1. The van der Waals surface area contributed by atoms with Gasteiger partial charge in [-0.3, -0.25) is 5.32 Å². The van der Waals surface area contributed by atoms with E-state index in [1.807, 2.05) is 19.9 Å². The minimum atomic E-state index is -0.634. The number of amides is 1. The molecule has 0 radical (unpaired) electrons. The molecule has 1 amide bonds. The molecule has 0 bridgehead atoms. The van der Waals surface area contributed by atoms with Crippen molar-refractivity contribution >= 4 is 39.3 Å². The summed E-state index contributed by atoms with van der Waals surface area (Å²) in [6.45, 7) is 3.68. The molecule has 0 spiro atoms. The highest BCUT2D eigenvalue weighted by Crippen LogP contribution is 2.39. The second kappa shape index (κ2) is 3.39. The molecule has 0 saturated carbocycles. The van der Waals surface area contributed by atoms with E-state index in [4.69, 9.17) is 16.3 Å². The average Bonchev–Trinajstić information content (AvgIpc) is 2.07. The minimum Gasteiger partial charge on any atom is -0.438 e. The summed E-state index contributed by atoms with van der Waals surface area (Å²) in [6, 6.07) is 3.57. The fourth-order valence-corrected chi connectivity index (χ4v) is 2.08. The van der Waals surface area contributed by atoms with Crippen molar-refractivity contribution in [2.75, 3.05) is 5.32 Å². The van der Waals surface area contributed by atoms with Crippen molar-refractivity contribution < 1.29 is 9.53 Å². The van der Waals surface area contributed by atoms with Gasteiger partial charge >= 0.3 is 6.09 Å². The van der Waals surface area contributed by atoms with E-state index >= 15 is 0 Å². The highest BCUT2D eigenvalue weighted by atomic mass is 79.9. The largest absolute Gasteiger partial charge is 0.438 e. The van der Waals surface area contributed by atoms with E-state index in [1.54, 1.807) is 6.07 Å². The van der Waals surface area contributed by atoms with Gasteiger partial charge in [-0.15, -0.1) is 0 Å². The number of cyclic esters (lactones) is 1. The van der Waals surface area contributed by atoms with E-state index in [9.17, 15) is 4.79 Å². The molecule has 3 nitrogen and oxygen atoms in total. The van der Waals surface area contributed by atoms with E-state index < -0.39 is 11.7 Å². The van der Waals surface area contributed by atoms with E-state index in [2.05, 4.69) is 21.2 Å². The van der Waals surface area contributed by atoms with Crippen molar-refractivity contribution in [1.29, 1.82) is 0 Å². The highest BCUT2D eigenvalue weighted by molar-refractivity contribution is 9.10. The van der Waals surface area contributed by atoms with Crippen LogP contribution in [0.1, 0.15) is 19.4 Å². The van der Waals surface area contributed by atoms with Crippen molar-refractivity contribution in [2.45, 2.75) is 19.4 Å². The molecule has 80 valence electrons. The van der Waals surface area contributed by atoms with Crippen LogP contribution in [0.3, 0.4) is 0 Å². The predicted molar refractivity (Wildman–Crippen MR) is 62.3 cm³/mol. The zero-order valence-electron chi connectivity index (χ0n) is 8.23. The quantitative estimate of drug-likeness (QED) is 0.787. The lowest BCUT2D eigenvalue weighted by Crippen LogP contribution is -2.34. The summed E-state index contributed by atoms with van der Waals surface area (Å²) >= 11 is 9.29. The lowest BCUT2D eigenvalue weighted by atomic mass is 9.95. The molecule has 0 fully saturated rings. The van der Waals surface area contributed by atoms with Crippen LogP contribution in [0.5, 0.6) is 0 Å². The van der Waals surface area contributed by atoms with Crippen LogP contribution in [0.15, 0.2) is 16.6 Å². The Morgan fingerprint density at radius 1 is 1.47 bits per heavy atom. The van der Waals surface area contributed by atoms with Crippen molar-refractivity contribution in [3.8, 4) is 0 Å². The fourth-order valence-electron chi connectivity index (χ4n) is 1.57. The molecule has 0 atom stereocenters. The zero-order valence-corrected chi connectivity index (χ0v) is 10.6. The molecule has 1 heterocycles. The Labute approximate surface area is 101 Å². The number of ether oxygens (including phenoxy) is 1. The van der Waals surface area contributed by atoms with Gasteiger partial charge in [-0.2, -0.15) is 0 Å². The molecule has 1 aromatic carbocycles. The first-order valence-electron chi connectivity index (χ1n) is 4.40. The van der Waals surface area contributed by atoms with Crippen LogP contribution in [0.2, 0.25) is 5.02 Å². The van der Waals surface area contributed by atoms with Crippen molar-refractivity contribution in [2.24, 2.45) is 0 Å². The molecule has 0 unspecified atom stereocenters. The standard InChI is InChI=1S/C10H9BrClNO2/c1-10(2)5-3-6(11)7(12)4-8(5)13-9(14)15-10/h3-4H,1-2H3,(H,13,14). The summed E-state index contributed by atoms with van der Waals surface area (Å²) in [6.07, 6.45) is -0.453.